The lowest BCUT2D eigenvalue weighted by molar-refractivity contribution is 0.102. The van der Waals surface area contributed by atoms with Gasteiger partial charge in [0, 0.05) is 24.3 Å². The van der Waals surface area contributed by atoms with Crippen molar-refractivity contribution >= 4 is 21.4 Å². The number of hydrogen-bond donors (Lipinski definition) is 2. The first-order chi connectivity index (χ1) is 13.5. The number of sulfone groups is 1. The molecule has 0 aromatic heterocycles. The van der Waals surface area contributed by atoms with Gasteiger partial charge in [-0.2, -0.15) is 0 Å². The van der Waals surface area contributed by atoms with Crippen molar-refractivity contribution in [1.82, 2.24) is 5.32 Å². The van der Waals surface area contributed by atoms with Crippen molar-refractivity contribution in [1.29, 1.82) is 0 Å². The standard InChI is InChI=1S/C22H28N2O3S/c1-2-3-4-5-6-13-28(26,27)21-11-9-20(10-12-21)24-22(25)17-7-8-18-15-23-16-19(18)14-17/h7-12,14,23H,2-6,13,15-16H2,1H3,(H,24,25). The number of fused-ring (bicyclic) bond motifs is 1. The van der Waals surface area contributed by atoms with Crippen LogP contribution >= 0.6 is 0 Å². The van der Waals surface area contributed by atoms with E-state index < -0.39 is 9.84 Å². The maximum Gasteiger partial charge on any atom is 0.255 e. The Kier molecular flexibility index (Phi) is 6.86. The van der Waals surface area contributed by atoms with E-state index in [1.807, 2.05) is 18.2 Å². The second-order valence-corrected chi connectivity index (χ2v) is 9.41. The van der Waals surface area contributed by atoms with Gasteiger partial charge in [-0.1, -0.05) is 38.7 Å². The summed E-state index contributed by atoms with van der Waals surface area (Å²) < 4.78 is 24.9. The number of nitrogens with one attached hydrogen (secondary N) is 2. The number of hydrogen-bond acceptors (Lipinski definition) is 4. The van der Waals surface area contributed by atoms with Crippen molar-refractivity contribution in [3.8, 4) is 0 Å². The van der Waals surface area contributed by atoms with Crippen LogP contribution in [0.25, 0.3) is 0 Å². The van der Waals surface area contributed by atoms with Crippen LogP contribution in [0.3, 0.4) is 0 Å². The third-order valence-corrected chi connectivity index (χ3v) is 6.90. The van der Waals surface area contributed by atoms with Crippen molar-refractivity contribution in [2.45, 2.75) is 57.0 Å². The molecule has 2 N–H and O–H groups in total. The number of unbranched alkanes of at least 4 members (excludes halogenated alkanes) is 4. The van der Waals surface area contributed by atoms with Gasteiger partial charge in [0.1, 0.15) is 0 Å². The second-order valence-electron chi connectivity index (χ2n) is 7.30. The smallest absolute Gasteiger partial charge is 0.255 e. The van der Waals surface area contributed by atoms with Crippen LogP contribution < -0.4 is 10.6 Å². The minimum atomic E-state index is -3.27. The van der Waals surface area contributed by atoms with Gasteiger partial charge < -0.3 is 10.6 Å². The largest absolute Gasteiger partial charge is 0.322 e. The van der Waals surface area contributed by atoms with Gasteiger partial charge in [-0.05, 0) is 53.9 Å². The van der Waals surface area contributed by atoms with Gasteiger partial charge >= 0.3 is 0 Å². The van der Waals surface area contributed by atoms with Crippen molar-refractivity contribution in [2.24, 2.45) is 0 Å². The quantitative estimate of drug-likeness (QED) is 0.616. The van der Waals surface area contributed by atoms with E-state index >= 15 is 0 Å². The Morgan fingerprint density at radius 2 is 1.68 bits per heavy atom. The number of amides is 1. The molecule has 1 amide bonds. The van der Waals surface area contributed by atoms with Crippen molar-refractivity contribution in [2.75, 3.05) is 11.1 Å². The number of carbonyl (C=O) groups is 1. The van der Waals surface area contributed by atoms with Crippen molar-refractivity contribution in [3.05, 3.63) is 59.2 Å². The van der Waals surface area contributed by atoms with Gasteiger partial charge in [-0.3, -0.25) is 4.79 Å². The molecule has 2 aromatic carbocycles. The summed E-state index contributed by atoms with van der Waals surface area (Å²) in [5.41, 5.74) is 3.56. The number of benzene rings is 2. The first kappa shape index (κ1) is 20.6. The normalized spacial score (nSPS) is 13.3. The van der Waals surface area contributed by atoms with Crippen LogP contribution in [-0.2, 0) is 22.9 Å². The predicted molar refractivity (Wildman–Crippen MR) is 112 cm³/mol. The van der Waals surface area contributed by atoms with Crippen LogP contribution in [0.4, 0.5) is 5.69 Å². The lowest BCUT2D eigenvalue weighted by Crippen LogP contribution is -2.13. The van der Waals surface area contributed by atoms with Crippen LogP contribution in [0.5, 0.6) is 0 Å². The van der Waals surface area contributed by atoms with E-state index in [-0.39, 0.29) is 11.7 Å². The van der Waals surface area contributed by atoms with Crippen LogP contribution in [0.15, 0.2) is 47.4 Å². The maximum atomic E-state index is 12.5. The molecule has 0 radical (unpaired) electrons. The predicted octanol–water partition coefficient (Wildman–Crippen LogP) is 4.29. The molecule has 1 heterocycles. The molecule has 0 atom stereocenters. The minimum absolute atomic E-state index is 0.172. The lowest BCUT2D eigenvalue weighted by Gasteiger charge is -2.09. The first-order valence-corrected chi connectivity index (χ1v) is 11.6. The molecule has 5 nitrogen and oxygen atoms in total. The van der Waals surface area contributed by atoms with Gasteiger partial charge in [-0.15, -0.1) is 0 Å². The summed E-state index contributed by atoms with van der Waals surface area (Å²) in [6.45, 7) is 3.76. The Hall–Kier alpha value is -2.18. The van der Waals surface area contributed by atoms with E-state index in [0.717, 1.165) is 44.3 Å². The molecule has 0 fully saturated rings. The van der Waals surface area contributed by atoms with Crippen molar-refractivity contribution in [3.63, 3.8) is 0 Å². The SMILES string of the molecule is CCCCCCCS(=O)(=O)c1ccc(NC(=O)c2ccc3c(c2)CNC3)cc1. The number of carbonyl (C=O) groups excluding carboxylic acids is 1. The molecule has 28 heavy (non-hydrogen) atoms. The Morgan fingerprint density at radius 1 is 0.964 bits per heavy atom. The molecule has 0 unspecified atom stereocenters. The molecule has 0 aliphatic carbocycles. The van der Waals surface area contributed by atoms with Gasteiger partial charge in [0.2, 0.25) is 0 Å². The zero-order valence-corrected chi connectivity index (χ0v) is 17.1. The summed E-state index contributed by atoms with van der Waals surface area (Å²) in [7, 11) is -3.27. The molecule has 0 saturated carbocycles. The molecule has 0 saturated heterocycles. The third kappa shape index (κ3) is 5.20. The lowest BCUT2D eigenvalue weighted by atomic mass is 10.1. The Labute approximate surface area is 167 Å². The summed E-state index contributed by atoms with van der Waals surface area (Å²) in [4.78, 5) is 12.8. The molecule has 6 heteroatoms. The fourth-order valence-corrected chi connectivity index (χ4v) is 4.77. The van der Waals surface area contributed by atoms with Gasteiger partial charge in [0.15, 0.2) is 9.84 Å². The monoisotopic (exact) mass is 400 g/mol. The van der Waals surface area contributed by atoms with Crippen LogP contribution in [0.2, 0.25) is 0 Å². The van der Waals surface area contributed by atoms with Gasteiger partial charge in [-0.25, -0.2) is 8.42 Å². The minimum Gasteiger partial charge on any atom is -0.322 e. The van der Waals surface area contributed by atoms with Gasteiger partial charge in [0.25, 0.3) is 5.91 Å². The average Bonchev–Trinajstić information content (AvgIpc) is 3.16. The van der Waals surface area contributed by atoms with Crippen LogP contribution in [-0.4, -0.2) is 20.1 Å². The second kappa shape index (κ2) is 9.34. The Balaban J connectivity index is 1.58. The fourth-order valence-electron chi connectivity index (χ4n) is 3.40. The number of anilines is 1. The highest BCUT2D eigenvalue weighted by molar-refractivity contribution is 7.91. The summed E-state index contributed by atoms with van der Waals surface area (Å²) in [5, 5.41) is 6.10. The first-order valence-electron chi connectivity index (χ1n) is 9.96. The molecular weight excluding hydrogens is 372 g/mol. The number of rotatable bonds is 9. The molecule has 1 aliphatic rings. The molecule has 2 aromatic rings. The summed E-state index contributed by atoms with van der Waals surface area (Å²) in [6, 6.07) is 12.1. The molecule has 0 bridgehead atoms. The zero-order chi connectivity index (χ0) is 20.0. The maximum absolute atomic E-state index is 12.5. The molecule has 1 aliphatic heterocycles. The highest BCUT2D eigenvalue weighted by Crippen LogP contribution is 2.20. The fraction of sp³-hybridized carbons (Fsp3) is 0.409. The molecule has 0 spiro atoms. The van der Waals surface area contributed by atoms with Crippen LogP contribution in [0, 0.1) is 0 Å². The average molecular weight is 401 g/mol. The highest BCUT2D eigenvalue weighted by atomic mass is 32.2. The third-order valence-electron chi connectivity index (χ3n) is 5.09. The Bertz CT molecular complexity index is 921. The highest BCUT2D eigenvalue weighted by Gasteiger charge is 2.16. The summed E-state index contributed by atoms with van der Waals surface area (Å²) in [5.74, 6) is -0.0211. The topological polar surface area (TPSA) is 75.3 Å². The van der Waals surface area contributed by atoms with E-state index in [9.17, 15) is 13.2 Å². The summed E-state index contributed by atoms with van der Waals surface area (Å²) in [6.07, 6.45) is 5.00. The zero-order valence-electron chi connectivity index (χ0n) is 16.3. The van der Waals surface area contributed by atoms with Gasteiger partial charge in [0.05, 0.1) is 10.6 Å². The molecular formula is C22H28N2O3S. The molecule has 150 valence electrons. The van der Waals surface area contributed by atoms with Crippen LogP contribution in [0.1, 0.15) is 60.5 Å². The van der Waals surface area contributed by atoms with E-state index in [1.54, 1.807) is 24.3 Å². The summed E-state index contributed by atoms with van der Waals surface area (Å²) >= 11 is 0. The van der Waals surface area contributed by atoms with E-state index in [0.29, 0.717) is 22.6 Å². The van der Waals surface area contributed by atoms with E-state index in [4.69, 9.17) is 0 Å². The Morgan fingerprint density at radius 3 is 2.43 bits per heavy atom. The van der Waals surface area contributed by atoms with Crippen molar-refractivity contribution < 1.29 is 13.2 Å². The van der Waals surface area contributed by atoms with E-state index in [2.05, 4.69) is 17.6 Å². The van der Waals surface area contributed by atoms with E-state index in [1.165, 1.54) is 5.56 Å². The molecule has 3 rings (SSSR count).